The van der Waals surface area contributed by atoms with Gasteiger partial charge >= 0.3 is 0 Å². The molecule has 6 heteroatoms. The minimum atomic E-state index is 0. The second kappa shape index (κ2) is 11.1. The molecule has 22 heavy (non-hydrogen) atoms. The monoisotopic (exact) mass is 348 g/mol. The third kappa shape index (κ3) is 6.71. The minimum absolute atomic E-state index is 0. The van der Waals surface area contributed by atoms with Gasteiger partial charge in [-0.2, -0.15) is 0 Å². The molecule has 0 aliphatic carbocycles. The lowest BCUT2D eigenvalue weighted by atomic mass is 9.98. The molecule has 0 radical (unpaired) electrons. The van der Waals surface area contributed by atoms with E-state index in [9.17, 15) is 0 Å². The highest BCUT2D eigenvalue weighted by molar-refractivity contribution is 6.30. The fraction of sp³-hybridized carbons (Fsp3) is 0.625. The Kier molecular flexibility index (Phi) is 9.84. The van der Waals surface area contributed by atoms with Crippen LogP contribution >= 0.6 is 24.0 Å². The van der Waals surface area contributed by atoms with Gasteiger partial charge in [0.2, 0.25) is 0 Å². The van der Waals surface area contributed by atoms with Crippen molar-refractivity contribution in [3.63, 3.8) is 0 Å². The lowest BCUT2D eigenvalue weighted by Crippen LogP contribution is -2.33. The van der Waals surface area contributed by atoms with E-state index in [2.05, 4.69) is 10.6 Å². The van der Waals surface area contributed by atoms with Crippen molar-refractivity contribution in [2.75, 3.05) is 32.8 Å². The molecule has 1 aliphatic heterocycles. The zero-order valence-electron chi connectivity index (χ0n) is 12.8. The molecule has 1 aliphatic rings. The van der Waals surface area contributed by atoms with E-state index >= 15 is 0 Å². The quantitative estimate of drug-likeness (QED) is 0.632. The summed E-state index contributed by atoms with van der Waals surface area (Å²) in [5.41, 5.74) is 1.08. The molecule has 4 nitrogen and oxygen atoms in total. The minimum Gasteiger partial charge on any atom is -0.493 e. The molecule has 0 unspecified atom stereocenters. The summed E-state index contributed by atoms with van der Waals surface area (Å²) in [4.78, 5) is 0. The van der Waals surface area contributed by atoms with Gasteiger partial charge < -0.3 is 20.5 Å². The highest BCUT2D eigenvalue weighted by Crippen LogP contribution is 2.23. The van der Waals surface area contributed by atoms with Gasteiger partial charge in [0.1, 0.15) is 5.75 Å². The van der Waals surface area contributed by atoms with E-state index in [0.29, 0.717) is 13.0 Å². The molecule has 0 amide bonds. The average Bonchev–Trinajstić information content (AvgIpc) is 2.51. The van der Waals surface area contributed by atoms with Crippen molar-refractivity contribution in [1.29, 1.82) is 0 Å². The van der Waals surface area contributed by atoms with Gasteiger partial charge in [-0.05, 0) is 56.6 Å². The molecule has 0 atom stereocenters. The summed E-state index contributed by atoms with van der Waals surface area (Å²) in [5.74, 6) is 1.61. The second-order valence-corrected chi connectivity index (χ2v) is 5.94. The summed E-state index contributed by atoms with van der Waals surface area (Å²) in [5, 5.41) is 16.4. The molecule has 1 aromatic rings. The van der Waals surface area contributed by atoms with Crippen LogP contribution in [0.5, 0.6) is 5.75 Å². The third-order valence-corrected chi connectivity index (χ3v) is 4.02. The third-order valence-electron chi connectivity index (χ3n) is 3.79. The van der Waals surface area contributed by atoms with E-state index in [4.69, 9.17) is 21.4 Å². The van der Waals surface area contributed by atoms with Crippen molar-refractivity contribution in [1.82, 2.24) is 10.6 Å². The first-order valence-electron chi connectivity index (χ1n) is 7.73. The number of hydrogen-bond donors (Lipinski definition) is 3. The number of hydrogen-bond acceptors (Lipinski definition) is 4. The molecule has 1 heterocycles. The average molecular weight is 349 g/mol. The zero-order chi connectivity index (χ0) is 14.9. The Morgan fingerprint density at radius 1 is 1.32 bits per heavy atom. The van der Waals surface area contributed by atoms with Crippen LogP contribution in [0, 0.1) is 5.92 Å². The summed E-state index contributed by atoms with van der Waals surface area (Å²) in [6.45, 7) is 4.72. The van der Waals surface area contributed by atoms with Gasteiger partial charge in [-0.3, -0.25) is 0 Å². The van der Waals surface area contributed by atoms with Crippen LogP contribution in [0.25, 0.3) is 0 Å². The van der Waals surface area contributed by atoms with E-state index in [-0.39, 0.29) is 19.0 Å². The van der Waals surface area contributed by atoms with Crippen molar-refractivity contribution >= 4 is 24.0 Å². The van der Waals surface area contributed by atoms with Gasteiger partial charge in [0.05, 0.1) is 6.61 Å². The van der Waals surface area contributed by atoms with Crippen LogP contribution in [0.3, 0.4) is 0 Å². The van der Waals surface area contributed by atoms with Crippen LogP contribution in [0.1, 0.15) is 24.8 Å². The molecular weight excluding hydrogens is 323 g/mol. The van der Waals surface area contributed by atoms with E-state index in [1.54, 1.807) is 0 Å². The Bertz CT molecular complexity index is 427. The number of halogens is 2. The van der Waals surface area contributed by atoms with Crippen LogP contribution in [0.4, 0.5) is 0 Å². The maximum atomic E-state index is 8.82. The Hall–Kier alpha value is -0.520. The predicted molar refractivity (Wildman–Crippen MR) is 93.2 cm³/mol. The maximum Gasteiger partial charge on any atom is 0.123 e. The molecule has 1 aromatic carbocycles. The van der Waals surface area contributed by atoms with Crippen molar-refractivity contribution in [3.05, 3.63) is 28.8 Å². The highest BCUT2D eigenvalue weighted by Gasteiger charge is 2.12. The molecule has 2 rings (SSSR count). The fourth-order valence-corrected chi connectivity index (χ4v) is 2.77. The molecule has 126 valence electrons. The van der Waals surface area contributed by atoms with E-state index < -0.39 is 0 Å². The van der Waals surface area contributed by atoms with E-state index in [1.165, 1.54) is 12.8 Å². The van der Waals surface area contributed by atoms with Crippen molar-refractivity contribution in [3.8, 4) is 5.75 Å². The standard InChI is InChI=1S/C16H25ClN2O2.ClH/c17-15-2-3-16(21-9-1-8-20)14(10-15)12-19-11-13-4-6-18-7-5-13;/h2-3,10,13,18-20H,1,4-9,11-12H2;1H. The van der Waals surface area contributed by atoms with Crippen LogP contribution < -0.4 is 15.4 Å². The Labute approximate surface area is 144 Å². The first-order valence-corrected chi connectivity index (χ1v) is 8.11. The number of benzene rings is 1. The molecule has 0 aromatic heterocycles. The molecule has 1 fully saturated rings. The zero-order valence-corrected chi connectivity index (χ0v) is 14.4. The normalized spacial score (nSPS) is 15.4. The van der Waals surface area contributed by atoms with Gasteiger partial charge in [-0.15, -0.1) is 12.4 Å². The van der Waals surface area contributed by atoms with Gasteiger partial charge in [0.25, 0.3) is 0 Å². The molecule has 0 saturated carbocycles. The number of aliphatic hydroxyl groups excluding tert-OH is 1. The summed E-state index contributed by atoms with van der Waals surface area (Å²) in [6, 6.07) is 5.69. The summed E-state index contributed by atoms with van der Waals surface area (Å²) < 4.78 is 5.71. The summed E-state index contributed by atoms with van der Waals surface area (Å²) in [6.07, 6.45) is 3.12. The molecule has 1 saturated heterocycles. The van der Waals surface area contributed by atoms with E-state index in [1.807, 2.05) is 18.2 Å². The van der Waals surface area contributed by atoms with Crippen LogP contribution in [0.2, 0.25) is 5.02 Å². The first kappa shape index (κ1) is 19.5. The van der Waals surface area contributed by atoms with Crippen molar-refractivity contribution < 1.29 is 9.84 Å². The van der Waals surface area contributed by atoms with Crippen LogP contribution in [-0.4, -0.2) is 38.0 Å². The number of nitrogens with one attached hydrogen (secondary N) is 2. The first-order chi connectivity index (χ1) is 10.3. The number of aliphatic hydroxyl groups is 1. The van der Waals surface area contributed by atoms with Crippen molar-refractivity contribution in [2.24, 2.45) is 5.92 Å². The smallest absolute Gasteiger partial charge is 0.123 e. The lowest BCUT2D eigenvalue weighted by Gasteiger charge is -2.23. The largest absolute Gasteiger partial charge is 0.493 e. The molecule has 0 spiro atoms. The van der Waals surface area contributed by atoms with Gasteiger partial charge in [0.15, 0.2) is 0 Å². The second-order valence-electron chi connectivity index (χ2n) is 5.50. The van der Waals surface area contributed by atoms with Gasteiger partial charge in [-0.25, -0.2) is 0 Å². The summed E-state index contributed by atoms with van der Waals surface area (Å²) in [7, 11) is 0. The van der Waals surface area contributed by atoms with Crippen LogP contribution in [0.15, 0.2) is 18.2 Å². The highest BCUT2D eigenvalue weighted by atomic mass is 35.5. The van der Waals surface area contributed by atoms with E-state index in [0.717, 1.165) is 48.4 Å². The molecular formula is C16H26Cl2N2O2. The number of piperidine rings is 1. The number of ether oxygens (including phenoxy) is 1. The fourth-order valence-electron chi connectivity index (χ4n) is 2.57. The Morgan fingerprint density at radius 2 is 2.09 bits per heavy atom. The number of rotatable bonds is 8. The van der Waals surface area contributed by atoms with Gasteiger partial charge in [-0.1, -0.05) is 11.6 Å². The van der Waals surface area contributed by atoms with Crippen LogP contribution in [-0.2, 0) is 6.54 Å². The van der Waals surface area contributed by atoms with Crippen molar-refractivity contribution in [2.45, 2.75) is 25.8 Å². The topological polar surface area (TPSA) is 53.5 Å². The Balaban J connectivity index is 0.00000242. The summed E-state index contributed by atoms with van der Waals surface area (Å²) >= 11 is 6.07. The predicted octanol–water partition coefficient (Wildman–Crippen LogP) is 2.61. The SMILES string of the molecule is Cl.OCCCOc1ccc(Cl)cc1CNCC1CCNCC1. The lowest BCUT2D eigenvalue weighted by molar-refractivity contribution is 0.232. The van der Waals surface area contributed by atoms with Gasteiger partial charge in [0, 0.05) is 30.2 Å². The molecule has 3 N–H and O–H groups in total. The Morgan fingerprint density at radius 3 is 2.82 bits per heavy atom. The maximum absolute atomic E-state index is 8.82. The molecule has 0 bridgehead atoms.